The SMILES string of the molecule is CC/C=C\C/C=C\C/C=C\C/C=C\C/C=C\CCCC(=O)OCC(COC(=O)CCCCCCC/C=C\CCCCC)OC(=O)CCCCCCC/C=C\C/C=C\CCCCC. The average Bonchev–Trinajstić information content (AvgIpc) is 3.27. The van der Waals surface area contributed by atoms with Crippen LogP contribution in [0.25, 0.3) is 0 Å². The van der Waals surface area contributed by atoms with Crippen LogP contribution in [0.3, 0.4) is 0 Å². The van der Waals surface area contributed by atoms with Crippen molar-refractivity contribution in [2.75, 3.05) is 13.2 Å². The molecule has 0 heterocycles. The predicted molar refractivity (Wildman–Crippen MR) is 265 cm³/mol. The summed E-state index contributed by atoms with van der Waals surface area (Å²) >= 11 is 0. The molecule has 6 heteroatoms. The van der Waals surface area contributed by atoms with Crippen molar-refractivity contribution in [3.63, 3.8) is 0 Å². The van der Waals surface area contributed by atoms with E-state index in [9.17, 15) is 14.4 Å². The molecule has 0 saturated carbocycles. The van der Waals surface area contributed by atoms with Crippen LogP contribution in [-0.2, 0) is 28.6 Å². The Bertz CT molecular complexity index is 1260. The van der Waals surface area contributed by atoms with Crippen molar-refractivity contribution < 1.29 is 28.6 Å². The minimum Gasteiger partial charge on any atom is -0.462 e. The molecule has 0 N–H and O–H groups in total. The Kier molecular flexibility index (Phi) is 47.0. The van der Waals surface area contributed by atoms with Crippen LogP contribution in [0.5, 0.6) is 0 Å². The van der Waals surface area contributed by atoms with Gasteiger partial charge in [-0.05, 0) is 116 Å². The maximum Gasteiger partial charge on any atom is 0.306 e. The third kappa shape index (κ3) is 47.4. The number of esters is 3. The Balaban J connectivity index is 4.52. The lowest BCUT2D eigenvalue weighted by molar-refractivity contribution is -0.167. The molecular formula is C56H92O6. The first-order valence-electron chi connectivity index (χ1n) is 25.2. The van der Waals surface area contributed by atoms with Crippen LogP contribution in [0, 0.1) is 0 Å². The highest BCUT2D eigenvalue weighted by atomic mass is 16.6. The van der Waals surface area contributed by atoms with Gasteiger partial charge in [-0.1, -0.05) is 182 Å². The smallest absolute Gasteiger partial charge is 0.306 e. The van der Waals surface area contributed by atoms with E-state index in [1.54, 1.807) is 0 Å². The van der Waals surface area contributed by atoms with Gasteiger partial charge in [0.2, 0.25) is 0 Å². The second-order valence-corrected chi connectivity index (χ2v) is 16.3. The highest BCUT2D eigenvalue weighted by Crippen LogP contribution is 2.12. The van der Waals surface area contributed by atoms with Crippen molar-refractivity contribution in [2.24, 2.45) is 0 Å². The summed E-state index contributed by atoms with van der Waals surface area (Å²) in [6, 6.07) is 0. The predicted octanol–water partition coefficient (Wildman–Crippen LogP) is 16.6. The van der Waals surface area contributed by atoms with E-state index in [0.29, 0.717) is 19.3 Å². The van der Waals surface area contributed by atoms with E-state index >= 15 is 0 Å². The van der Waals surface area contributed by atoms with Gasteiger partial charge in [-0.3, -0.25) is 14.4 Å². The number of carbonyl (C=O) groups excluding carboxylic acids is 3. The Morgan fingerprint density at radius 2 is 0.645 bits per heavy atom. The number of hydrogen-bond donors (Lipinski definition) is 0. The van der Waals surface area contributed by atoms with Gasteiger partial charge < -0.3 is 14.2 Å². The zero-order valence-corrected chi connectivity index (χ0v) is 40.1. The van der Waals surface area contributed by atoms with Crippen LogP contribution in [0.1, 0.15) is 220 Å². The van der Waals surface area contributed by atoms with Crippen molar-refractivity contribution in [2.45, 2.75) is 226 Å². The molecule has 1 unspecified atom stereocenters. The summed E-state index contributed by atoms with van der Waals surface area (Å²) in [6.07, 6.45) is 65.3. The minimum atomic E-state index is -0.811. The molecule has 0 aliphatic rings. The lowest BCUT2D eigenvalue weighted by Crippen LogP contribution is -2.30. The van der Waals surface area contributed by atoms with E-state index in [0.717, 1.165) is 116 Å². The lowest BCUT2D eigenvalue weighted by Gasteiger charge is -2.18. The van der Waals surface area contributed by atoms with Crippen molar-refractivity contribution in [1.82, 2.24) is 0 Å². The molecule has 0 fully saturated rings. The highest BCUT2D eigenvalue weighted by Gasteiger charge is 2.19. The number of carbonyl (C=O) groups is 3. The highest BCUT2D eigenvalue weighted by molar-refractivity contribution is 5.71. The summed E-state index contributed by atoms with van der Waals surface area (Å²) in [5.74, 6) is -0.995. The molecule has 0 aliphatic carbocycles. The molecule has 62 heavy (non-hydrogen) atoms. The summed E-state index contributed by atoms with van der Waals surface area (Å²) in [5, 5.41) is 0. The van der Waals surface area contributed by atoms with Gasteiger partial charge in [-0.2, -0.15) is 0 Å². The molecule has 0 saturated heterocycles. The Morgan fingerprint density at radius 3 is 1.06 bits per heavy atom. The molecule has 1 atom stereocenters. The number of rotatable bonds is 44. The lowest BCUT2D eigenvalue weighted by atomic mass is 10.1. The molecule has 0 radical (unpaired) electrons. The summed E-state index contributed by atoms with van der Waals surface area (Å²) in [6.45, 7) is 6.39. The van der Waals surface area contributed by atoms with Gasteiger partial charge in [-0.25, -0.2) is 0 Å². The fourth-order valence-corrected chi connectivity index (χ4v) is 6.50. The van der Waals surface area contributed by atoms with Gasteiger partial charge in [0.15, 0.2) is 6.10 Å². The normalized spacial score (nSPS) is 12.9. The third-order valence-electron chi connectivity index (χ3n) is 10.3. The van der Waals surface area contributed by atoms with E-state index in [2.05, 4.69) is 118 Å². The molecule has 6 nitrogen and oxygen atoms in total. The number of unbranched alkanes of at least 4 members (excludes halogenated alkanes) is 17. The van der Waals surface area contributed by atoms with Crippen LogP contribution in [-0.4, -0.2) is 37.2 Å². The minimum absolute atomic E-state index is 0.107. The van der Waals surface area contributed by atoms with Crippen LogP contribution < -0.4 is 0 Å². The molecule has 0 spiro atoms. The van der Waals surface area contributed by atoms with Crippen molar-refractivity contribution >= 4 is 17.9 Å². The molecule has 0 amide bonds. The summed E-state index contributed by atoms with van der Waals surface area (Å²) < 4.78 is 16.7. The number of allylic oxidation sites excluding steroid dienone is 16. The Morgan fingerprint density at radius 1 is 0.339 bits per heavy atom. The van der Waals surface area contributed by atoms with Gasteiger partial charge in [0.1, 0.15) is 13.2 Å². The number of hydrogen-bond acceptors (Lipinski definition) is 6. The maximum absolute atomic E-state index is 12.8. The van der Waals surface area contributed by atoms with Crippen LogP contribution in [0.4, 0.5) is 0 Å². The Labute approximate surface area is 381 Å². The van der Waals surface area contributed by atoms with Crippen molar-refractivity contribution in [1.29, 1.82) is 0 Å². The summed E-state index contributed by atoms with van der Waals surface area (Å²) in [7, 11) is 0. The quantitative estimate of drug-likeness (QED) is 0.0263. The van der Waals surface area contributed by atoms with E-state index in [1.165, 1.54) is 57.8 Å². The van der Waals surface area contributed by atoms with Gasteiger partial charge in [-0.15, -0.1) is 0 Å². The largest absolute Gasteiger partial charge is 0.462 e. The Hall–Kier alpha value is -3.67. The van der Waals surface area contributed by atoms with Crippen LogP contribution in [0.15, 0.2) is 97.2 Å². The van der Waals surface area contributed by atoms with E-state index in [1.807, 2.05) is 0 Å². The molecule has 0 rings (SSSR count). The molecule has 0 aromatic heterocycles. The van der Waals surface area contributed by atoms with E-state index in [4.69, 9.17) is 14.2 Å². The van der Waals surface area contributed by atoms with Crippen molar-refractivity contribution in [3.05, 3.63) is 97.2 Å². The second kappa shape index (κ2) is 50.0. The molecule has 0 bridgehead atoms. The van der Waals surface area contributed by atoms with Gasteiger partial charge >= 0.3 is 17.9 Å². The topological polar surface area (TPSA) is 78.9 Å². The standard InChI is InChI=1S/C56H92O6/c1-4-7-10-13-16-19-22-25-27-28-30-31-34-37-40-43-46-49-55(58)61-52-53(51-60-54(57)48-45-42-39-36-33-24-21-18-15-12-9-6-3)62-56(59)50-47-44-41-38-35-32-29-26-23-20-17-14-11-8-5-2/h7,10,16-21,25-27,29-31,37,40,53H,4-6,8-9,11-15,22-24,28,32-36,38-39,41-52H2,1-3H3/b10-7-,19-16-,20-17-,21-18-,27-25-,29-26-,31-30-,40-37-. The molecular weight excluding hydrogens is 769 g/mol. The fourth-order valence-electron chi connectivity index (χ4n) is 6.50. The van der Waals surface area contributed by atoms with Gasteiger partial charge in [0.25, 0.3) is 0 Å². The molecule has 0 aromatic carbocycles. The fraction of sp³-hybridized carbons (Fsp3) is 0.661. The zero-order chi connectivity index (χ0) is 45.1. The van der Waals surface area contributed by atoms with E-state index < -0.39 is 6.10 Å². The zero-order valence-electron chi connectivity index (χ0n) is 40.1. The van der Waals surface area contributed by atoms with Gasteiger partial charge in [0, 0.05) is 19.3 Å². The molecule has 0 aromatic rings. The average molecular weight is 861 g/mol. The maximum atomic E-state index is 12.8. The van der Waals surface area contributed by atoms with Crippen LogP contribution >= 0.6 is 0 Å². The molecule has 0 aliphatic heterocycles. The van der Waals surface area contributed by atoms with Gasteiger partial charge in [0.05, 0.1) is 0 Å². The number of ether oxygens (including phenoxy) is 3. The first-order valence-corrected chi connectivity index (χ1v) is 25.2. The molecule has 352 valence electrons. The van der Waals surface area contributed by atoms with Crippen LogP contribution in [0.2, 0.25) is 0 Å². The third-order valence-corrected chi connectivity index (χ3v) is 10.3. The van der Waals surface area contributed by atoms with E-state index in [-0.39, 0.29) is 37.5 Å². The summed E-state index contributed by atoms with van der Waals surface area (Å²) in [4.78, 5) is 37.9. The van der Waals surface area contributed by atoms with Crippen molar-refractivity contribution in [3.8, 4) is 0 Å². The second-order valence-electron chi connectivity index (χ2n) is 16.3. The first-order chi connectivity index (χ1) is 30.5. The monoisotopic (exact) mass is 861 g/mol. The summed E-state index contributed by atoms with van der Waals surface area (Å²) in [5.41, 5.74) is 0. The first kappa shape index (κ1) is 58.3.